The number of pyridine rings is 1. The summed E-state index contributed by atoms with van der Waals surface area (Å²) in [6.07, 6.45) is 4.32. The Labute approximate surface area is 116 Å². The van der Waals surface area contributed by atoms with Gasteiger partial charge in [-0.2, -0.15) is 0 Å². The van der Waals surface area contributed by atoms with Crippen molar-refractivity contribution in [1.82, 2.24) is 15.3 Å². The molecule has 0 bridgehead atoms. The molecule has 0 aliphatic carbocycles. The second-order valence-corrected chi connectivity index (χ2v) is 5.51. The minimum atomic E-state index is 0.0299. The van der Waals surface area contributed by atoms with Gasteiger partial charge in [0.1, 0.15) is 0 Å². The van der Waals surface area contributed by atoms with Gasteiger partial charge in [-0.05, 0) is 12.1 Å². The Morgan fingerprint density at radius 2 is 2.32 bits per heavy atom. The van der Waals surface area contributed by atoms with Crippen molar-refractivity contribution in [3.8, 4) is 11.3 Å². The standard InChI is InChI=1S/C14H17N3OS/c1-10(2)14(18)16-7-5-13-17-12(9-19-13)11-4-3-6-15-8-11/h3-4,6,8-10H,5,7H2,1-2H3,(H,16,18). The highest BCUT2D eigenvalue weighted by molar-refractivity contribution is 7.09. The first kappa shape index (κ1) is 13.7. The Balaban J connectivity index is 1.90. The second kappa shape index (κ2) is 6.43. The number of nitrogens with zero attached hydrogens (tertiary/aromatic N) is 2. The summed E-state index contributed by atoms with van der Waals surface area (Å²) in [6, 6.07) is 3.89. The molecule has 2 heterocycles. The first-order valence-electron chi connectivity index (χ1n) is 6.29. The number of aromatic nitrogens is 2. The molecule has 0 spiro atoms. The van der Waals surface area contributed by atoms with E-state index in [1.54, 1.807) is 23.7 Å². The van der Waals surface area contributed by atoms with E-state index < -0.39 is 0 Å². The first-order chi connectivity index (χ1) is 9.16. The van der Waals surface area contributed by atoms with Gasteiger partial charge in [0, 0.05) is 42.2 Å². The number of hydrogen-bond acceptors (Lipinski definition) is 4. The first-order valence-corrected chi connectivity index (χ1v) is 7.17. The average molecular weight is 275 g/mol. The predicted octanol–water partition coefficient (Wildman–Crippen LogP) is 2.52. The number of hydrogen-bond donors (Lipinski definition) is 1. The summed E-state index contributed by atoms with van der Waals surface area (Å²) in [6.45, 7) is 4.41. The fraction of sp³-hybridized carbons (Fsp3) is 0.357. The molecule has 0 radical (unpaired) electrons. The molecule has 0 unspecified atom stereocenters. The SMILES string of the molecule is CC(C)C(=O)NCCc1nc(-c2cccnc2)cs1. The summed E-state index contributed by atoms with van der Waals surface area (Å²) >= 11 is 1.61. The molecule has 0 aliphatic heterocycles. The molecule has 1 amide bonds. The summed E-state index contributed by atoms with van der Waals surface area (Å²) in [4.78, 5) is 20.1. The number of rotatable bonds is 5. The minimum Gasteiger partial charge on any atom is -0.355 e. The molecule has 19 heavy (non-hydrogen) atoms. The molecule has 0 aromatic carbocycles. The molecule has 5 heteroatoms. The van der Waals surface area contributed by atoms with Crippen molar-refractivity contribution in [3.63, 3.8) is 0 Å². The fourth-order valence-corrected chi connectivity index (χ4v) is 2.38. The van der Waals surface area contributed by atoms with Crippen LogP contribution in [0.2, 0.25) is 0 Å². The van der Waals surface area contributed by atoms with Crippen molar-refractivity contribution >= 4 is 17.2 Å². The lowest BCUT2D eigenvalue weighted by molar-refractivity contribution is -0.123. The lowest BCUT2D eigenvalue weighted by Gasteiger charge is -2.05. The fourth-order valence-electron chi connectivity index (χ4n) is 1.57. The van der Waals surface area contributed by atoms with Crippen LogP contribution in [0, 0.1) is 5.92 Å². The van der Waals surface area contributed by atoms with Crippen LogP contribution in [-0.4, -0.2) is 22.4 Å². The van der Waals surface area contributed by atoms with Gasteiger partial charge >= 0.3 is 0 Å². The Hall–Kier alpha value is -1.75. The van der Waals surface area contributed by atoms with Crippen LogP contribution < -0.4 is 5.32 Å². The largest absolute Gasteiger partial charge is 0.355 e. The third-order valence-electron chi connectivity index (χ3n) is 2.67. The maximum atomic E-state index is 11.4. The minimum absolute atomic E-state index is 0.0299. The van der Waals surface area contributed by atoms with Gasteiger partial charge in [-0.1, -0.05) is 13.8 Å². The third kappa shape index (κ3) is 3.86. The van der Waals surface area contributed by atoms with Crippen LogP contribution in [0.3, 0.4) is 0 Å². The van der Waals surface area contributed by atoms with Gasteiger partial charge in [0.05, 0.1) is 10.7 Å². The number of carbonyl (C=O) groups excluding carboxylic acids is 1. The Morgan fingerprint density at radius 3 is 3.00 bits per heavy atom. The van der Waals surface area contributed by atoms with Gasteiger partial charge < -0.3 is 5.32 Å². The van der Waals surface area contributed by atoms with E-state index in [4.69, 9.17) is 0 Å². The van der Waals surface area contributed by atoms with E-state index in [1.807, 2.05) is 31.4 Å². The van der Waals surface area contributed by atoms with Crippen LogP contribution >= 0.6 is 11.3 Å². The molecule has 0 aliphatic rings. The zero-order valence-electron chi connectivity index (χ0n) is 11.1. The predicted molar refractivity (Wildman–Crippen MR) is 76.9 cm³/mol. The summed E-state index contributed by atoms with van der Waals surface area (Å²) < 4.78 is 0. The van der Waals surface area contributed by atoms with Crippen molar-refractivity contribution in [2.24, 2.45) is 5.92 Å². The number of nitrogens with one attached hydrogen (secondary N) is 1. The van der Waals surface area contributed by atoms with Crippen LogP contribution in [0.1, 0.15) is 18.9 Å². The van der Waals surface area contributed by atoms with E-state index in [0.717, 1.165) is 22.7 Å². The van der Waals surface area contributed by atoms with Gasteiger partial charge in [0.25, 0.3) is 0 Å². The van der Waals surface area contributed by atoms with Gasteiger partial charge in [-0.3, -0.25) is 9.78 Å². The monoisotopic (exact) mass is 275 g/mol. The van der Waals surface area contributed by atoms with E-state index in [1.165, 1.54) is 0 Å². The maximum absolute atomic E-state index is 11.4. The van der Waals surface area contributed by atoms with Crippen LogP contribution in [0.4, 0.5) is 0 Å². The highest BCUT2D eigenvalue weighted by Crippen LogP contribution is 2.20. The molecule has 4 nitrogen and oxygen atoms in total. The lowest BCUT2D eigenvalue weighted by Crippen LogP contribution is -2.29. The zero-order valence-corrected chi connectivity index (χ0v) is 11.9. The summed E-state index contributed by atoms with van der Waals surface area (Å²) in [5, 5.41) is 5.95. The lowest BCUT2D eigenvalue weighted by atomic mass is 10.2. The van der Waals surface area contributed by atoms with Gasteiger partial charge in [-0.15, -0.1) is 11.3 Å². The molecular weight excluding hydrogens is 258 g/mol. The molecule has 2 aromatic heterocycles. The van der Waals surface area contributed by atoms with Crippen molar-refractivity contribution < 1.29 is 4.79 Å². The Bertz CT molecular complexity index is 537. The molecule has 2 aromatic rings. The molecule has 0 fully saturated rings. The topological polar surface area (TPSA) is 54.9 Å². The van der Waals surface area contributed by atoms with Gasteiger partial charge in [0.2, 0.25) is 5.91 Å². The van der Waals surface area contributed by atoms with Gasteiger partial charge in [-0.25, -0.2) is 4.98 Å². The molecular formula is C14H17N3OS. The summed E-state index contributed by atoms with van der Waals surface area (Å²) in [5.74, 6) is 0.117. The van der Waals surface area contributed by atoms with Crippen LogP contribution in [0.15, 0.2) is 29.9 Å². The van der Waals surface area contributed by atoms with E-state index in [2.05, 4.69) is 15.3 Å². The average Bonchev–Trinajstić information content (AvgIpc) is 2.88. The van der Waals surface area contributed by atoms with E-state index in [9.17, 15) is 4.79 Å². The van der Waals surface area contributed by atoms with E-state index in [0.29, 0.717) is 6.54 Å². The van der Waals surface area contributed by atoms with E-state index in [-0.39, 0.29) is 11.8 Å². The Morgan fingerprint density at radius 1 is 1.47 bits per heavy atom. The van der Waals surface area contributed by atoms with Crippen molar-refractivity contribution in [2.45, 2.75) is 20.3 Å². The molecule has 1 N–H and O–H groups in total. The number of carbonyl (C=O) groups is 1. The zero-order chi connectivity index (χ0) is 13.7. The number of thiazole rings is 1. The summed E-state index contributed by atoms with van der Waals surface area (Å²) in [7, 11) is 0. The van der Waals surface area contributed by atoms with Crippen molar-refractivity contribution in [2.75, 3.05) is 6.54 Å². The second-order valence-electron chi connectivity index (χ2n) is 4.56. The molecule has 0 atom stereocenters. The molecule has 100 valence electrons. The van der Waals surface area contributed by atoms with Crippen LogP contribution in [0.5, 0.6) is 0 Å². The molecule has 0 saturated heterocycles. The third-order valence-corrected chi connectivity index (χ3v) is 3.58. The highest BCUT2D eigenvalue weighted by atomic mass is 32.1. The van der Waals surface area contributed by atoms with Crippen LogP contribution in [-0.2, 0) is 11.2 Å². The van der Waals surface area contributed by atoms with Crippen molar-refractivity contribution in [3.05, 3.63) is 34.9 Å². The maximum Gasteiger partial charge on any atom is 0.222 e. The molecule has 2 rings (SSSR count). The highest BCUT2D eigenvalue weighted by Gasteiger charge is 2.07. The number of amides is 1. The van der Waals surface area contributed by atoms with Crippen LogP contribution in [0.25, 0.3) is 11.3 Å². The smallest absolute Gasteiger partial charge is 0.222 e. The van der Waals surface area contributed by atoms with E-state index >= 15 is 0 Å². The van der Waals surface area contributed by atoms with Crippen molar-refractivity contribution in [1.29, 1.82) is 0 Å². The normalized spacial score (nSPS) is 10.7. The quantitative estimate of drug-likeness (QED) is 0.912. The molecule has 0 saturated carbocycles. The summed E-state index contributed by atoms with van der Waals surface area (Å²) in [5.41, 5.74) is 1.97. The van der Waals surface area contributed by atoms with Gasteiger partial charge in [0.15, 0.2) is 0 Å². The Kier molecular flexibility index (Phi) is 4.63.